The summed E-state index contributed by atoms with van der Waals surface area (Å²) < 4.78 is 0. The zero-order chi connectivity index (χ0) is 24.2. The van der Waals surface area contributed by atoms with Crippen LogP contribution in [0.1, 0.15) is 11.1 Å². The summed E-state index contributed by atoms with van der Waals surface area (Å²) >= 11 is 0. The molecule has 35 heavy (non-hydrogen) atoms. The molecule has 5 aromatic carbocycles. The van der Waals surface area contributed by atoms with Gasteiger partial charge in [-0.15, -0.1) is 0 Å². The summed E-state index contributed by atoms with van der Waals surface area (Å²) in [5.41, 5.74) is 6.73. The summed E-state index contributed by atoms with van der Waals surface area (Å²) in [7, 11) is 0. The highest BCUT2D eigenvalue weighted by atomic mass is 15.1. The third kappa shape index (κ3) is 4.07. The first-order chi connectivity index (χ1) is 17.2. The van der Waals surface area contributed by atoms with Crippen molar-refractivity contribution >= 4 is 33.5 Å². The fourth-order valence-electron chi connectivity index (χ4n) is 4.22. The van der Waals surface area contributed by atoms with Crippen molar-refractivity contribution in [1.29, 1.82) is 10.5 Å². The third-order valence-corrected chi connectivity index (χ3v) is 5.97. The van der Waals surface area contributed by atoms with Crippen molar-refractivity contribution in [3.8, 4) is 23.3 Å². The fraction of sp³-hybridized carbons (Fsp3) is 0. The lowest BCUT2D eigenvalue weighted by molar-refractivity contribution is 1.29. The van der Waals surface area contributed by atoms with Gasteiger partial charge in [0.2, 0.25) is 0 Å². The van der Waals surface area contributed by atoms with Crippen molar-refractivity contribution in [2.45, 2.75) is 0 Å². The van der Waals surface area contributed by atoms with Crippen molar-refractivity contribution in [1.82, 2.24) is 0 Å². The van der Waals surface area contributed by atoms with Crippen LogP contribution in [-0.2, 0) is 0 Å². The molecule has 0 aliphatic carbocycles. The molecule has 0 unspecified atom stereocenters. The lowest BCUT2D eigenvalue weighted by atomic mass is 10.0. The quantitative estimate of drug-likeness (QED) is 0.261. The average molecular weight is 447 g/mol. The Kier molecular flexibility index (Phi) is 5.67. The van der Waals surface area contributed by atoms with Crippen LogP contribution in [0.5, 0.6) is 0 Å². The van der Waals surface area contributed by atoms with Crippen molar-refractivity contribution in [3.63, 3.8) is 0 Å². The molecule has 5 aromatic rings. The van der Waals surface area contributed by atoms with E-state index in [4.69, 9.17) is 6.57 Å². The van der Waals surface area contributed by atoms with E-state index in [0.717, 1.165) is 39.0 Å². The topological polar surface area (TPSA) is 55.2 Å². The van der Waals surface area contributed by atoms with Crippen molar-refractivity contribution in [2.24, 2.45) is 0 Å². The van der Waals surface area contributed by atoms with Gasteiger partial charge >= 0.3 is 0 Å². The Morgan fingerprint density at radius 1 is 0.600 bits per heavy atom. The van der Waals surface area contributed by atoms with Crippen molar-refractivity contribution in [3.05, 3.63) is 132 Å². The first-order valence-corrected chi connectivity index (χ1v) is 11.0. The zero-order valence-corrected chi connectivity index (χ0v) is 18.7. The number of benzene rings is 5. The van der Waals surface area contributed by atoms with E-state index in [9.17, 15) is 10.5 Å². The van der Waals surface area contributed by atoms with Crippen molar-refractivity contribution in [2.75, 3.05) is 4.90 Å². The Hall–Kier alpha value is -5.37. The van der Waals surface area contributed by atoms with Gasteiger partial charge in [-0.05, 0) is 59.7 Å². The average Bonchev–Trinajstić information content (AvgIpc) is 2.94. The summed E-state index contributed by atoms with van der Waals surface area (Å²) in [6, 6.07) is 39.5. The summed E-state index contributed by atoms with van der Waals surface area (Å²) in [4.78, 5) is 5.60. The van der Waals surface area contributed by atoms with Gasteiger partial charge in [-0.3, -0.25) is 0 Å². The predicted octanol–water partition coefficient (Wildman–Crippen LogP) is 8.27. The highest BCUT2D eigenvalue weighted by Gasteiger charge is 2.17. The van der Waals surface area contributed by atoms with Gasteiger partial charge in [0, 0.05) is 22.1 Å². The van der Waals surface area contributed by atoms with Crippen LogP contribution in [0.2, 0.25) is 0 Å². The molecule has 0 atom stereocenters. The summed E-state index contributed by atoms with van der Waals surface area (Å²) in [6.45, 7) is 7.15. The molecule has 0 aliphatic rings. The molecule has 0 amide bonds. The maximum absolute atomic E-state index is 9.62. The Bertz CT molecular complexity index is 1640. The molecule has 0 spiro atoms. The number of nitrogens with zero attached hydrogens (tertiary/aromatic N) is 4. The van der Waals surface area contributed by atoms with Gasteiger partial charge in [-0.1, -0.05) is 60.7 Å². The lowest BCUT2D eigenvalue weighted by Crippen LogP contribution is -2.10. The van der Waals surface area contributed by atoms with Crippen LogP contribution in [0.15, 0.2) is 109 Å². The molecule has 4 nitrogen and oxygen atoms in total. The van der Waals surface area contributed by atoms with E-state index in [2.05, 4.69) is 46.1 Å². The number of rotatable bonds is 4. The fourth-order valence-corrected chi connectivity index (χ4v) is 4.22. The molecular formula is C31H18N4. The van der Waals surface area contributed by atoms with Crippen LogP contribution in [0, 0.1) is 29.2 Å². The summed E-state index contributed by atoms with van der Waals surface area (Å²) in [6.07, 6.45) is 0. The van der Waals surface area contributed by atoms with Gasteiger partial charge in [0.1, 0.15) is 0 Å². The van der Waals surface area contributed by atoms with Gasteiger partial charge in [-0.2, -0.15) is 10.5 Å². The highest BCUT2D eigenvalue weighted by Crippen LogP contribution is 2.40. The molecule has 5 rings (SSSR count). The van der Waals surface area contributed by atoms with Gasteiger partial charge in [0.15, 0.2) is 5.69 Å². The molecule has 0 N–H and O–H groups in total. The van der Waals surface area contributed by atoms with E-state index in [1.165, 1.54) is 0 Å². The first kappa shape index (κ1) is 21.5. The third-order valence-electron chi connectivity index (χ3n) is 5.97. The smallest absolute Gasteiger partial charge is 0.187 e. The van der Waals surface area contributed by atoms with Gasteiger partial charge < -0.3 is 4.90 Å². The Morgan fingerprint density at radius 3 is 1.74 bits per heavy atom. The monoisotopic (exact) mass is 446 g/mol. The molecule has 0 radical (unpaired) electrons. The Morgan fingerprint density at radius 2 is 1.17 bits per heavy atom. The normalized spacial score (nSPS) is 10.2. The van der Waals surface area contributed by atoms with Crippen LogP contribution < -0.4 is 4.90 Å². The van der Waals surface area contributed by atoms with E-state index in [1.807, 2.05) is 72.8 Å². The molecule has 0 aromatic heterocycles. The molecule has 0 fully saturated rings. The second-order valence-corrected chi connectivity index (χ2v) is 7.99. The second kappa shape index (κ2) is 9.24. The molecule has 0 heterocycles. The molecule has 0 bridgehead atoms. The minimum atomic E-state index is 0.594. The van der Waals surface area contributed by atoms with Gasteiger partial charge in [0.25, 0.3) is 0 Å². The molecule has 0 saturated carbocycles. The number of hydrogen-bond acceptors (Lipinski definition) is 3. The second-order valence-electron chi connectivity index (χ2n) is 7.99. The van der Waals surface area contributed by atoms with Crippen LogP contribution >= 0.6 is 0 Å². The summed E-state index contributed by atoms with van der Waals surface area (Å²) in [5, 5.41) is 20.7. The maximum atomic E-state index is 9.62. The van der Waals surface area contributed by atoms with E-state index in [-0.39, 0.29) is 0 Å². The van der Waals surface area contributed by atoms with E-state index >= 15 is 0 Å². The standard InChI is InChI=1S/C31H18N4/c1-34-26-13-8-23(9-14-26)24-10-17-28(18-11-24)35(27-15-6-22(20-32)7-16-27)31-19-12-25(21-33)29-4-2-3-5-30(29)31/h2-19H. The van der Waals surface area contributed by atoms with Crippen LogP contribution in [0.4, 0.5) is 22.7 Å². The van der Waals surface area contributed by atoms with Crippen LogP contribution in [0.3, 0.4) is 0 Å². The Labute approximate surface area is 204 Å². The van der Waals surface area contributed by atoms with Crippen LogP contribution in [-0.4, -0.2) is 0 Å². The molecule has 4 heteroatoms. The zero-order valence-electron chi connectivity index (χ0n) is 18.7. The molecular weight excluding hydrogens is 428 g/mol. The van der Waals surface area contributed by atoms with Gasteiger partial charge in [0.05, 0.1) is 35.5 Å². The minimum absolute atomic E-state index is 0.594. The van der Waals surface area contributed by atoms with E-state index in [0.29, 0.717) is 16.8 Å². The molecule has 162 valence electrons. The molecule has 0 saturated heterocycles. The maximum Gasteiger partial charge on any atom is 0.187 e. The minimum Gasteiger partial charge on any atom is -0.310 e. The predicted molar refractivity (Wildman–Crippen MR) is 140 cm³/mol. The largest absolute Gasteiger partial charge is 0.310 e. The van der Waals surface area contributed by atoms with E-state index < -0.39 is 0 Å². The number of nitriles is 2. The first-order valence-electron chi connectivity index (χ1n) is 11.0. The van der Waals surface area contributed by atoms with E-state index in [1.54, 1.807) is 12.1 Å². The SMILES string of the molecule is [C-]#[N+]c1ccc(-c2ccc(N(c3ccc(C#N)cc3)c3ccc(C#N)c4ccccc34)cc2)cc1. The Balaban J connectivity index is 1.65. The summed E-state index contributed by atoms with van der Waals surface area (Å²) in [5.74, 6) is 0. The highest BCUT2D eigenvalue weighted by molar-refractivity contribution is 6.01. The number of fused-ring (bicyclic) bond motifs is 1. The molecule has 0 aliphatic heterocycles. The number of hydrogen-bond donors (Lipinski definition) is 0. The van der Waals surface area contributed by atoms with Gasteiger partial charge in [-0.25, -0.2) is 4.85 Å². The van der Waals surface area contributed by atoms with Crippen LogP contribution in [0.25, 0.3) is 26.7 Å². The lowest BCUT2D eigenvalue weighted by Gasteiger charge is -2.27. The van der Waals surface area contributed by atoms with Crippen molar-refractivity contribution < 1.29 is 0 Å². The number of anilines is 3.